The Hall–Kier alpha value is -2.07. The van der Waals surface area contributed by atoms with Crippen molar-refractivity contribution in [3.63, 3.8) is 0 Å². The number of halogens is 1. The van der Waals surface area contributed by atoms with E-state index in [0.29, 0.717) is 6.61 Å². The molecule has 0 saturated heterocycles. The standard InChI is InChI=1S/C17H15BrN2O/c1-13-11-14(18)7-8-17(13)21-12-15-9-10-20(19-15)16-5-3-2-4-6-16/h2-11H,12H2,1H3. The molecule has 1 heterocycles. The molecule has 0 aliphatic carbocycles. The number of benzene rings is 2. The van der Waals surface area contributed by atoms with E-state index in [1.54, 1.807) is 0 Å². The highest BCUT2D eigenvalue weighted by molar-refractivity contribution is 9.10. The second-order valence-electron chi connectivity index (χ2n) is 4.79. The molecule has 0 amide bonds. The molecule has 0 aliphatic heterocycles. The summed E-state index contributed by atoms with van der Waals surface area (Å²) < 4.78 is 8.74. The maximum Gasteiger partial charge on any atom is 0.132 e. The maximum absolute atomic E-state index is 5.83. The van der Waals surface area contributed by atoms with Gasteiger partial charge in [-0.1, -0.05) is 34.1 Å². The molecule has 0 radical (unpaired) electrons. The third kappa shape index (κ3) is 3.34. The molecule has 0 N–H and O–H groups in total. The summed E-state index contributed by atoms with van der Waals surface area (Å²) in [6.07, 6.45) is 1.95. The van der Waals surface area contributed by atoms with E-state index in [4.69, 9.17) is 4.74 Å². The first-order chi connectivity index (χ1) is 10.2. The SMILES string of the molecule is Cc1cc(Br)ccc1OCc1ccn(-c2ccccc2)n1. The van der Waals surface area contributed by atoms with Gasteiger partial charge in [-0.15, -0.1) is 0 Å². The molecule has 0 atom stereocenters. The van der Waals surface area contributed by atoms with E-state index < -0.39 is 0 Å². The molecule has 106 valence electrons. The number of aromatic nitrogens is 2. The van der Waals surface area contributed by atoms with Gasteiger partial charge in [0.15, 0.2) is 0 Å². The van der Waals surface area contributed by atoms with Gasteiger partial charge in [0.05, 0.1) is 5.69 Å². The zero-order valence-corrected chi connectivity index (χ0v) is 13.2. The molecule has 0 bridgehead atoms. The average Bonchev–Trinajstić information content (AvgIpc) is 2.96. The van der Waals surface area contributed by atoms with Gasteiger partial charge in [-0.25, -0.2) is 4.68 Å². The van der Waals surface area contributed by atoms with Crippen LogP contribution in [0, 0.1) is 6.92 Å². The number of aryl methyl sites for hydroxylation is 1. The van der Waals surface area contributed by atoms with Gasteiger partial charge in [0.1, 0.15) is 18.1 Å². The normalized spacial score (nSPS) is 10.6. The Kier molecular flexibility index (Phi) is 4.06. The van der Waals surface area contributed by atoms with Crippen LogP contribution in [0.4, 0.5) is 0 Å². The van der Waals surface area contributed by atoms with E-state index in [2.05, 4.69) is 21.0 Å². The number of rotatable bonds is 4. The Morgan fingerprint density at radius 3 is 2.67 bits per heavy atom. The smallest absolute Gasteiger partial charge is 0.132 e. The molecule has 0 spiro atoms. The first kappa shape index (κ1) is 13.9. The minimum Gasteiger partial charge on any atom is -0.487 e. The Bertz CT molecular complexity index is 738. The van der Waals surface area contributed by atoms with Crippen molar-refractivity contribution in [3.05, 3.63) is 76.5 Å². The van der Waals surface area contributed by atoms with Crippen molar-refractivity contribution in [3.8, 4) is 11.4 Å². The van der Waals surface area contributed by atoms with E-state index in [1.807, 2.05) is 72.4 Å². The van der Waals surface area contributed by atoms with Crippen molar-refractivity contribution in [2.45, 2.75) is 13.5 Å². The lowest BCUT2D eigenvalue weighted by Crippen LogP contribution is -2.00. The van der Waals surface area contributed by atoms with Gasteiger partial charge in [0.2, 0.25) is 0 Å². The topological polar surface area (TPSA) is 27.1 Å². The van der Waals surface area contributed by atoms with Crippen LogP contribution in [0.5, 0.6) is 5.75 Å². The molecule has 1 aromatic heterocycles. The Balaban J connectivity index is 1.70. The largest absolute Gasteiger partial charge is 0.487 e. The van der Waals surface area contributed by atoms with Gasteiger partial charge in [0, 0.05) is 10.7 Å². The van der Waals surface area contributed by atoms with Crippen LogP contribution in [0.15, 0.2) is 65.3 Å². The van der Waals surface area contributed by atoms with Gasteiger partial charge in [-0.3, -0.25) is 0 Å². The summed E-state index contributed by atoms with van der Waals surface area (Å²) in [6, 6.07) is 18.0. The summed E-state index contributed by atoms with van der Waals surface area (Å²) in [5, 5.41) is 4.53. The lowest BCUT2D eigenvalue weighted by atomic mass is 10.2. The molecular weight excluding hydrogens is 328 g/mol. The molecule has 2 aromatic carbocycles. The van der Waals surface area contributed by atoms with Crippen LogP contribution in [-0.4, -0.2) is 9.78 Å². The Morgan fingerprint density at radius 2 is 1.90 bits per heavy atom. The van der Waals surface area contributed by atoms with Gasteiger partial charge in [0.25, 0.3) is 0 Å². The van der Waals surface area contributed by atoms with E-state index in [1.165, 1.54) is 0 Å². The summed E-state index contributed by atoms with van der Waals surface area (Å²) in [6.45, 7) is 2.49. The summed E-state index contributed by atoms with van der Waals surface area (Å²) in [7, 11) is 0. The zero-order valence-electron chi connectivity index (χ0n) is 11.7. The third-order valence-electron chi connectivity index (χ3n) is 3.18. The minimum absolute atomic E-state index is 0.461. The average molecular weight is 343 g/mol. The molecule has 0 aliphatic rings. The second kappa shape index (κ2) is 6.14. The zero-order chi connectivity index (χ0) is 14.7. The number of ether oxygens (including phenoxy) is 1. The maximum atomic E-state index is 5.83. The molecule has 21 heavy (non-hydrogen) atoms. The van der Waals surface area contributed by atoms with E-state index in [-0.39, 0.29) is 0 Å². The first-order valence-corrected chi connectivity index (χ1v) is 7.50. The van der Waals surface area contributed by atoms with Crippen molar-refractivity contribution in [1.29, 1.82) is 0 Å². The van der Waals surface area contributed by atoms with E-state index >= 15 is 0 Å². The molecule has 3 aromatic rings. The van der Waals surface area contributed by atoms with Gasteiger partial charge >= 0.3 is 0 Å². The van der Waals surface area contributed by atoms with Crippen molar-refractivity contribution in [2.24, 2.45) is 0 Å². The molecule has 4 heteroatoms. The predicted octanol–water partition coefficient (Wildman–Crippen LogP) is 4.52. The van der Waals surface area contributed by atoms with Crippen molar-refractivity contribution < 1.29 is 4.74 Å². The number of hydrogen-bond acceptors (Lipinski definition) is 2. The highest BCUT2D eigenvalue weighted by Crippen LogP contribution is 2.23. The summed E-state index contributed by atoms with van der Waals surface area (Å²) in [5.41, 5.74) is 3.05. The number of hydrogen-bond donors (Lipinski definition) is 0. The third-order valence-corrected chi connectivity index (χ3v) is 3.67. The minimum atomic E-state index is 0.461. The fraction of sp³-hybridized carbons (Fsp3) is 0.118. The number of para-hydroxylation sites is 1. The van der Waals surface area contributed by atoms with Crippen LogP contribution < -0.4 is 4.74 Å². The summed E-state index contributed by atoms with van der Waals surface area (Å²) in [5.74, 6) is 0.882. The van der Waals surface area contributed by atoms with Crippen LogP contribution in [0.3, 0.4) is 0 Å². The van der Waals surface area contributed by atoms with Crippen LogP contribution in [0.25, 0.3) is 5.69 Å². The van der Waals surface area contributed by atoms with Crippen LogP contribution in [0.2, 0.25) is 0 Å². The molecule has 0 unspecified atom stereocenters. The highest BCUT2D eigenvalue weighted by atomic mass is 79.9. The monoisotopic (exact) mass is 342 g/mol. The van der Waals surface area contributed by atoms with Crippen molar-refractivity contribution in [2.75, 3.05) is 0 Å². The fourth-order valence-corrected chi connectivity index (χ4v) is 2.57. The molecule has 3 nitrogen and oxygen atoms in total. The quantitative estimate of drug-likeness (QED) is 0.696. The second-order valence-corrected chi connectivity index (χ2v) is 5.70. The summed E-state index contributed by atoms with van der Waals surface area (Å²) in [4.78, 5) is 0. The molecule has 0 fully saturated rings. The molecule has 3 rings (SSSR count). The van der Waals surface area contributed by atoms with Crippen LogP contribution >= 0.6 is 15.9 Å². The first-order valence-electron chi connectivity index (χ1n) is 6.71. The Morgan fingerprint density at radius 1 is 1.10 bits per heavy atom. The van der Waals surface area contributed by atoms with Crippen LogP contribution in [0.1, 0.15) is 11.3 Å². The lowest BCUT2D eigenvalue weighted by Gasteiger charge is -2.08. The highest BCUT2D eigenvalue weighted by Gasteiger charge is 2.04. The van der Waals surface area contributed by atoms with Gasteiger partial charge in [-0.05, 0) is 48.9 Å². The van der Waals surface area contributed by atoms with Gasteiger partial charge in [-0.2, -0.15) is 5.10 Å². The van der Waals surface area contributed by atoms with Crippen LogP contribution in [-0.2, 0) is 6.61 Å². The van der Waals surface area contributed by atoms with E-state index in [9.17, 15) is 0 Å². The lowest BCUT2D eigenvalue weighted by molar-refractivity contribution is 0.298. The Labute approximate surface area is 132 Å². The molecular formula is C17H15BrN2O. The summed E-state index contributed by atoms with van der Waals surface area (Å²) >= 11 is 3.45. The van der Waals surface area contributed by atoms with Crippen molar-refractivity contribution in [1.82, 2.24) is 9.78 Å². The van der Waals surface area contributed by atoms with Crippen molar-refractivity contribution >= 4 is 15.9 Å². The fourth-order valence-electron chi connectivity index (χ4n) is 2.09. The predicted molar refractivity (Wildman–Crippen MR) is 86.8 cm³/mol. The molecule has 0 saturated carbocycles. The van der Waals surface area contributed by atoms with Gasteiger partial charge < -0.3 is 4.74 Å². The number of nitrogens with zero attached hydrogens (tertiary/aromatic N) is 2. The van der Waals surface area contributed by atoms with E-state index in [0.717, 1.165) is 27.2 Å².